The maximum Gasteiger partial charge on any atom is 0.341 e. The molecule has 0 unspecified atom stereocenters. The second kappa shape index (κ2) is 11.4. The van der Waals surface area contributed by atoms with Crippen LogP contribution in [0.15, 0.2) is 68.0 Å². The highest BCUT2D eigenvalue weighted by Gasteiger charge is 2.33. The van der Waals surface area contributed by atoms with Gasteiger partial charge in [0, 0.05) is 19.8 Å². The summed E-state index contributed by atoms with van der Waals surface area (Å²) in [6.07, 6.45) is 1.73. The van der Waals surface area contributed by atoms with Gasteiger partial charge in [0.25, 0.3) is 5.56 Å². The highest BCUT2D eigenvalue weighted by Crippen LogP contribution is 2.32. The predicted molar refractivity (Wildman–Crippen MR) is 148 cm³/mol. The van der Waals surface area contributed by atoms with Crippen LogP contribution in [0.25, 0.3) is 6.08 Å². The van der Waals surface area contributed by atoms with Crippen molar-refractivity contribution in [3.05, 3.63) is 89.0 Å². The van der Waals surface area contributed by atoms with E-state index in [1.54, 1.807) is 42.7 Å². The summed E-state index contributed by atoms with van der Waals surface area (Å²) in [7, 11) is 3.88. The van der Waals surface area contributed by atoms with Gasteiger partial charge < -0.3 is 19.5 Å². The lowest BCUT2D eigenvalue weighted by molar-refractivity contribution is -0.140. The summed E-state index contributed by atoms with van der Waals surface area (Å²) in [4.78, 5) is 44.6. The Kier molecular flexibility index (Phi) is 8.17. The molecule has 0 aliphatic carbocycles. The summed E-state index contributed by atoms with van der Waals surface area (Å²) in [6, 6.07) is 12.1. The average Bonchev–Trinajstić information content (AvgIpc) is 3.16. The monoisotopic (exact) mass is 599 g/mol. The molecule has 0 radical (unpaired) electrons. The quantitative estimate of drug-likeness (QED) is 0.396. The number of thiazole rings is 1. The van der Waals surface area contributed by atoms with E-state index >= 15 is 0 Å². The fourth-order valence-corrected chi connectivity index (χ4v) is 5.63. The van der Waals surface area contributed by atoms with Crippen molar-refractivity contribution in [2.24, 2.45) is 4.99 Å². The number of aliphatic carboxylic acids is 1. The largest absolute Gasteiger partial charge is 0.481 e. The molecule has 0 saturated heterocycles. The van der Waals surface area contributed by atoms with E-state index in [0.29, 0.717) is 36.4 Å². The van der Waals surface area contributed by atoms with E-state index in [4.69, 9.17) is 14.6 Å². The minimum atomic E-state index is -1.08. The Hall–Kier alpha value is -3.70. The van der Waals surface area contributed by atoms with Gasteiger partial charge in [-0.05, 0) is 71.2 Å². The number of ether oxygens (including phenoxy) is 2. The molecule has 38 heavy (non-hydrogen) atoms. The number of nitrogens with zero attached hydrogens (tertiary/aromatic N) is 3. The Morgan fingerprint density at radius 1 is 1.21 bits per heavy atom. The normalized spacial score (nSPS) is 15.1. The molecule has 2 heterocycles. The van der Waals surface area contributed by atoms with Crippen LogP contribution in [-0.2, 0) is 14.3 Å². The molecule has 3 aromatic rings. The second-order valence-corrected chi connectivity index (χ2v) is 10.5. The Labute approximate surface area is 231 Å². The zero-order valence-corrected chi connectivity index (χ0v) is 23.6. The summed E-state index contributed by atoms with van der Waals surface area (Å²) in [5.41, 5.74) is 3.00. The number of carbonyl (C=O) groups is 2. The number of carbonyl (C=O) groups excluding carboxylic acids is 1. The van der Waals surface area contributed by atoms with Crippen molar-refractivity contribution < 1.29 is 24.2 Å². The fourth-order valence-electron chi connectivity index (χ4n) is 4.08. The smallest absolute Gasteiger partial charge is 0.341 e. The van der Waals surface area contributed by atoms with Crippen LogP contribution in [0.1, 0.15) is 31.0 Å². The number of halogens is 1. The van der Waals surface area contributed by atoms with Crippen molar-refractivity contribution in [2.45, 2.75) is 19.9 Å². The Bertz CT molecular complexity index is 1600. The van der Waals surface area contributed by atoms with Gasteiger partial charge in [0.1, 0.15) is 5.75 Å². The van der Waals surface area contributed by atoms with Gasteiger partial charge in [-0.2, -0.15) is 0 Å². The maximum absolute atomic E-state index is 13.7. The minimum Gasteiger partial charge on any atom is -0.481 e. The number of rotatable bonds is 8. The fraction of sp³-hybridized carbons (Fsp3) is 0.259. The van der Waals surface area contributed by atoms with Crippen LogP contribution in [0, 0.1) is 0 Å². The topological polar surface area (TPSA) is 110 Å². The molecular weight excluding hydrogens is 574 g/mol. The van der Waals surface area contributed by atoms with Gasteiger partial charge in [-0.15, -0.1) is 0 Å². The Morgan fingerprint density at radius 3 is 2.53 bits per heavy atom. The van der Waals surface area contributed by atoms with E-state index in [1.807, 2.05) is 43.3 Å². The minimum absolute atomic E-state index is 0.202. The predicted octanol–water partition coefficient (Wildman–Crippen LogP) is 3.09. The third-order valence-electron chi connectivity index (χ3n) is 5.85. The molecule has 1 N–H and O–H groups in total. The molecule has 198 valence electrons. The van der Waals surface area contributed by atoms with Crippen LogP contribution in [0.2, 0.25) is 0 Å². The number of hydrogen-bond acceptors (Lipinski definition) is 8. The second-order valence-electron chi connectivity index (χ2n) is 8.66. The summed E-state index contributed by atoms with van der Waals surface area (Å²) in [5, 5.41) is 8.84. The molecular formula is C27H26BrN3O6S. The number of fused-ring (bicyclic) bond motifs is 1. The van der Waals surface area contributed by atoms with E-state index in [9.17, 15) is 14.4 Å². The van der Waals surface area contributed by atoms with Gasteiger partial charge >= 0.3 is 11.9 Å². The highest BCUT2D eigenvalue weighted by molar-refractivity contribution is 9.10. The van der Waals surface area contributed by atoms with Crippen molar-refractivity contribution >= 4 is 51.0 Å². The number of aromatic nitrogens is 1. The number of anilines is 1. The van der Waals surface area contributed by atoms with Crippen LogP contribution in [0.4, 0.5) is 5.69 Å². The van der Waals surface area contributed by atoms with Crippen molar-refractivity contribution in [1.29, 1.82) is 0 Å². The molecule has 1 aliphatic heterocycles. The molecule has 1 aromatic heterocycles. The van der Waals surface area contributed by atoms with E-state index < -0.39 is 24.6 Å². The summed E-state index contributed by atoms with van der Waals surface area (Å²) in [5.74, 6) is -1.21. The van der Waals surface area contributed by atoms with Crippen molar-refractivity contribution in [2.75, 3.05) is 32.2 Å². The third kappa shape index (κ3) is 5.58. The van der Waals surface area contributed by atoms with Crippen molar-refractivity contribution in [3.8, 4) is 5.75 Å². The molecule has 0 amide bonds. The molecule has 0 spiro atoms. The first kappa shape index (κ1) is 27.3. The lowest BCUT2D eigenvalue weighted by atomic mass is 9.95. The Morgan fingerprint density at radius 2 is 1.92 bits per heavy atom. The average molecular weight is 600 g/mol. The lowest BCUT2D eigenvalue weighted by Gasteiger charge is -2.25. The molecule has 11 heteroatoms. The number of esters is 1. The molecule has 1 atom stereocenters. The lowest BCUT2D eigenvalue weighted by Crippen LogP contribution is -2.39. The van der Waals surface area contributed by atoms with Gasteiger partial charge in [0.2, 0.25) is 0 Å². The first-order chi connectivity index (χ1) is 18.1. The first-order valence-electron chi connectivity index (χ1n) is 11.7. The standard InChI is InChI=1S/C27H26BrN3O6S/c1-5-36-26(35)23-15(2)29-27-31(24(23)17-7-9-18(10-8-17)30(3)4)25(34)21(38-27)13-16-6-11-20(19(28)12-16)37-14-22(32)33/h6-13,24H,5,14H2,1-4H3,(H,32,33)/b21-13+/t24-/m0/s1. The number of benzene rings is 2. The van der Waals surface area contributed by atoms with E-state index in [2.05, 4.69) is 20.9 Å². The Balaban J connectivity index is 1.83. The summed E-state index contributed by atoms with van der Waals surface area (Å²) >= 11 is 4.62. The molecule has 4 rings (SSSR count). The zero-order chi connectivity index (χ0) is 27.6. The van der Waals surface area contributed by atoms with Gasteiger partial charge in [-0.1, -0.05) is 29.5 Å². The first-order valence-corrected chi connectivity index (χ1v) is 13.3. The van der Waals surface area contributed by atoms with Gasteiger partial charge in [-0.3, -0.25) is 9.36 Å². The van der Waals surface area contributed by atoms with Crippen LogP contribution < -0.4 is 24.5 Å². The van der Waals surface area contributed by atoms with Crippen LogP contribution in [0.5, 0.6) is 5.75 Å². The van der Waals surface area contributed by atoms with Crippen LogP contribution >= 0.6 is 27.3 Å². The van der Waals surface area contributed by atoms with Crippen molar-refractivity contribution in [1.82, 2.24) is 4.57 Å². The molecule has 0 fully saturated rings. The van der Waals surface area contributed by atoms with E-state index in [0.717, 1.165) is 11.3 Å². The molecule has 0 saturated carbocycles. The zero-order valence-electron chi connectivity index (χ0n) is 21.2. The number of carboxylic acids is 1. The SMILES string of the molecule is CCOC(=O)C1=C(C)N=c2s/c(=C/c3ccc(OCC(=O)O)c(Br)c3)c(=O)n2[C@H]1c1ccc(N(C)C)cc1. The summed E-state index contributed by atoms with van der Waals surface area (Å²) < 4.78 is 13.1. The van der Waals surface area contributed by atoms with Gasteiger partial charge in [0.05, 0.1) is 32.9 Å². The van der Waals surface area contributed by atoms with E-state index in [1.165, 1.54) is 11.3 Å². The van der Waals surface area contributed by atoms with Crippen LogP contribution in [0.3, 0.4) is 0 Å². The third-order valence-corrected chi connectivity index (χ3v) is 7.45. The number of allylic oxidation sites excluding steroid dienone is 1. The highest BCUT2D eigenvalue weighted by atomic mass is 79.9. The summed E-state index contributed by atoms with van der Waals surface area (Å²) in [6.45, 7) is 3.22. The number of hydrogen-bond donors (Lipinski definition) is 1. The molecule has 2 aromatic carbocycles. The van der Waals surface area contributed by atoms with Gasteiger partial charge in [0.15, 0.2) is 11.4 Å². The molecule has 9 nitrogen and oxygen atoms in total. The van der Waals surface area contributed by atoms with Crippen molar-refractivity contribution in [3.63, 3.8) is 0 Å². The van der Waals surface area contributed by atoms with E-state index in [-0.39, 0.29) is 12.2 Å². The van der Waals surface area contributed by atoms with Gasteiger partial charge in [-0.25, -0.2) is 14.6 Å². The van der Waals surface area contributed by atoms with Crippen LogP contribution in [-0.4, -0.2) is 48.9 Å². The number of carboxylic acid groups (broad SMARTS) is 1. The molecule has 0 bridgehead atoms. The maximum atomic E-state index is 13.7. The molecule has 1 aliphatic rings.